The van der Waals surface area contributed by atoms with Crippen molar-refractivity contribution in [3.63, 3.8) is 0 Å². The Morgan fingerprint density at radius 1 is 1.11 bits per heavy atom. The zero-order valence-corrected chi connectivity index (χ0v) is 12.4. The molecule has 0 amide bonds. The molecule has 0 aromatic heterocycles. The van der Waals surface area contributed by atoms with Crippen LogP contribution in [0.15, 0.2) is 51.8 Å². The van der Waals surface area contributed by atoms with Crippen molar-refractivity contribution in [1.29, 1.82) is 0 Å². The maximum Gasteiger partial charge on any atom is 0.261 e. The molecule has 0 bridgehead atoms. The summed E-state index contributed by atoms with van der Waals surface area (Å²) in [5, 5.41) is 0. The van der Waals surface area contributed by atoms with Gasteiger partial charge in [-0.3, -0.25) is 4.72 Å². The minimum atomic E-state index is -3.77. The van der Waals surface area contributed by atoms with Crippen LogP contribution in [-0.4, -0.2) is 8.42 Å². The lowest BCUT2D eigenvalue weighted by atomic mass is 10.2. The predicted octanol–water partition coefficient (Wildman–Crippen LogP) is 3.70. The molecule has 0 fully saturated rings. The van der Waals surface area contributed by atoms with Crippen LogP contribution in [0.5, 0.6) is 0 Å². The van der Waals surface area contributed by atoms with Crippen molar-refractivity contribution in [2.75, 3.05) is 4.72 Å². The van der Waals surface area contributed by atoms with E-state index in [9.17, 15) is 12.8 Å². The Morgan fingerprint density at radius 3 is 2.32 bits per heavy atom. The Labute approximate surface area is 119 Å². The number of halogens is 2. The molecule has 0 saturated heterocycles. The molecule has 0 heterocycles. The molecular formula is C13H11BrFNO2S. The highest BCUT2D eigenvalue weighted by Gasteiger charge is 2.15. The first-order valence-corrected chi connectivity index (χ1v) is 7.71. The third kappa shape index (κ3) is 3.33. The molecule has 100 valence electrons. The number of hydrogen-bond donors (Lipinski definition) is 1. The molecule has 3 nitrogen and oxygen atoms in total. The van der Waals surface area contributed by atoms with Gasteiger partial charge < -0.3 is 0 Å². The number of aryl methyl sites for hydroxylation is 1. The summed E-state index contributed by atoms with van der Waals surface area (Å²) in [6.07, 6.45) is 0. The van der Waals surface area contributed by atoms with Gasteiger partial charge in [-0.15, -0.1) is 0 Å². The Hall–Kier alpha value is -1.40. The lowest BCUT2D eigenvalue weighted by Gasteiger charge is -2.09. The van der Waals surface area contributed by atoms with Crippen LogP contribution in [0.25, 0.3) is 0 Å². The maximum absolute atomic E-state index is 13.6. The molecule has 0 radical (unpaired) electrons. The van der Waals surface area contributed by atoms with Crippen LogP contribution in [0.3, 0.4) is 0 Å². The molecule has 0 spiro atoms. The van der Waals surface area contributed by atoms with E-state index < -0.39 is 15.8 Å². The van der Waals surface area contributed by atoms with Gasteiger partial charge in [0, 0.05) is 4.47 Å². The van der Waals surface area contributed by atoms with Crippen LogP contribution in [0.1, 0.15) is 5.56 Å². The molecule has 0 aliphatic heterocycles. The maximum atomic E-state index is 13.6. The fourth-order valence-corrected chi connectivity index (χ4v) is 2.89. The Balaban J connectivity index is 2.33. The van der Waals surface area contributed by atoms with E-state index in [-0.39, 0.29) is 10.6 Å². The molecule has 19 heavy (non-hydrogen) atoms. The van der Waals surface area contributed by atoms with Gasteiger partial charge in [0.2, 0.25) is 0 Å². The zero-order chi connectivity index (χ0) is 14.0. The molecule has 0 saturated carbocycles. The summed E-state index contributed by atoms with van der Waals surface area (Å²) in [6.45, 7) is 1.86. The summed E-state index contributed by atoms with van der Waals surface area (Å²) < 4.78 is 40.5. The minimum absolute atomic E-state index is 0.0798. The molecule has 1 N–H and O–H groups in total. The first kappa shape index (κ1) is 14.0. The molecule has 0 atom stereocenters. The molecule has 2 rings (SSSR count). The van der Waals surface area contributed by atoms with Crippen LogP contribution >= 0.6 is 15.9 Å². The van der Waals surface area contributed by atoms with E-state index in [4.69, 9.17) is 0 Å². The monoisotopic (exact) mass is 343 g/mol. The average Bonchev–Trinajstić information content (AvgIpc) is 2.33. The summed E-state index contributed by atoms with van der Waals surface area (Å²) in [4.78, 5) is 0.0976. The number of benzene rings is 2. The van der Waals surface area contributed by atoms with Gasteiger partial charge in [-0.05, 0) is 37.3 Å². The lowest BCUT2D eigenvalue weighted by Crippen LogP contribution is -2.13. The Morgan fingerprint density at radius 2 is 1.74 bits per heavy atom. The van der Waals surface area contributed by atoms with E-state index in [0.717, 1.165) is 5.56 Å². The second-order valence-electron chi connectivity index (χ2n) is 4.04. The topological polar surface area (TPSA) is 46.2 Å². The van der Waals surface area contributed by atoms with E-state index in [1.807, 2.05) is 6.92 Å². The normalized spacial score (nSPS) is 11.3. The fraction of sp³-hybridized carbons (Fsp3) is 0.0769. The summed E-state index contributed by atoms with van der Waals surface area (Å²) in [5.41, 5.74) is 0.873. The second-order valence-corrected chi connectivity index (χ2v) is 6.64. The van der Waals surface area contributed by atoms with Gasteiger partial charge in [0.15, 0.2) is 0 Å². The SMILES string of the molecule is Cc1ccc(S(=O)(=O)Nc2ccc(Br)cc2F)cc1. The lowest BCUT2D eigenvalue weighted by molar-refractivity contribution is 0.598. The zero-order valence-electron chi connectivity index (χ0n) is 10.0. The van der Waals surface area contributed by atoms with Crippen molar-refractivity contribution < 1.29 is 12.8 Å². The van der Waals surface area contributed by atoms with Crippen LogP contribution in [0.2, 0.25) is 0 Å². The van der Waals surface area contributed by atoms with Crippen LogP contribution in [-0.2, 0) is 10.0 Å². The van der Waals surface area contributed by atoms with Crippen LogP contribution in [0, 0.1) is 12.7 Å². The number of hydrogen-bond acceptors (Lipinski definition) is 2. The van der Waals surface area contributed by atoms with E-state index in [2.05, 4.69) is 20.7 Å². The largest absolute Gasteiger partial charge is 0.277 e. The van der Waals surface area contributed by atoms with Crippen molar-refractivity contribution in [2.24, 2.45) is 0 Å². The molecule has 0 aliphatic rings. The van der Waals surface area contributed by atoms with E-state index in [1.54, 1.807) is 18.2 Å². The molecule has 2 aromatic carbocycles. The number of sulfonamides is 1. The Bertz CT molecular complexity index is 699. The quantitative estimate of drug-likeness (QED) is 0.923. The van der Waals surface area contributed by atoms with Crippen molar-refractivity contribution in [2.45, 2.75) is 11.8 Å². The third-order valence-corrected chi connectivity index (χ3v) is 4.38. The van der Waals surface area contributed by atoms with E-state index in [0.29, 0.717) is 4.47 Å². The predicted molar refractivity (Wildman–Crippen MR) is 76.1 cm³/mol. The third-order valence-electron chi connectivity index (χ3n) is 2.51. The second kappa shape index (κ2) is 5.30. The van der Waals surface area contributed by atoms with Gasteiger partial charge in [-0.1, -0.05) is 33.6 Å². The number of anilines is 1. The number of rotatable bonds is 3. The summed E-state index contributed by atoms with van der Waals surface area (Å²) in [7, 11) is -3.77. The average molecular weight is 344 g/mol. The highest BCUT2D eigenvalue weighted by molar-refractivity contribution is 9.10. The fourth-order valence-electron chi connectivity index (χ4n) is 1.49. The van der Waals surface area contributed by atoms with Gasteiger partial charge in [-0.2, -0.15) is 0 Å². The highest BCUT2D eigenvalue weighted by atomic mass is 79.9. The van der Waals surface area contributed by atoms with Gasteiger partial charge >= 0.3 is 0 Å². The highest BCUT2D eigenvalue weighted by Crippen LogP contribution is 2.22. The van der Waals surface area contributed by atoms with Gasteiger partial charge in [0.25, 0.3) is 10.0 Å². The molecule has 0 aliphatic carbocycles. The summed E-state index contributed by atoms with van der Waals surface area (Å²) in [5.74, 6) is -0.634. The standard InChI is InChI=1S/C13H11BrFNO2S/c1-9-2-5-11(6-3-9)19(17,18)16-13-7-4-10(14)8-12(13)15/h2-8,16H,1H3. The molecule has 2 aromatic rings. The number of nitrogens with one attached hydrogen (secondary N) is 1. The summed E-state index contributed by atoms with van der Waals surface area (Å²) >= 11 is 3.11. The van der Waals surface area contributed by atoms with Crippen molar-refractivity contribution in [3.8, 4) is 0 Å². The first-order chi connectivity index (χ1) is 8.88. The van der Waals surface area contributed by atoms with Gasteiger partial charge in [-0.25, -0.2) is 12.8 Å². The first-order valence-electron chi connectivity index (χ1n) is 5.43. The van der Waals surface area contributed by atoms with Crippen LogP contribution in [0.4, 0.5) is 10.1 Å². The van der Waals surface area contributed by atoms with Gasteiger partial charge in [0.05, 0.1) is 10.6 Å². The molecule has 6 heteroatoms. The smallest absolute Gasteiger partial charge is 0.261 e. The summed E-state index contributed by atoms with van der Waals surface area (Å²) in [6, 6.07) is 10.5. The molecule has 0 unspecified atom stereocenters. The van der Waals surface area contributed by atoms with E-state index >= 15 is 0 Å². The van der Waals surface area contributed by atoms with Crippen molar-refractivity contribution in [1.82, 2.24) is 0 Å². The van der Waals surface area contributed by atoms with Gasteiger partial charge in [0.1, 0.15) is 5.82 Å². The van der Waals surface area contributed by atoms with Crippen molar-refractivity contribution >= 4 is 31.6 Å². The van der Waals surface area contributed by atoms with E-state index in [1.165, 1.54) is 24.3 Å². The Kier molecular flexibility index (Phi) is 3.91. The molecular weight excluding hydrogens is 333 g/mol. The minimum Gasteiger partial charge on any atom is -0.277 e. The van der Waals surface area contributed by atoms with Crippen molar-refractivity contribution in [3.05, 3.63) is 58.3 Å². The van der Waals surface area contributed by atoms with Crippen LogP contribution < -0.4 is 4.72 Å².